The second-order valence-corrected chi connectivity index (χ2v) is 7.79. The average molecular weight is 526 g/mol. The van der Waals surface area contributed by atoms with Gasteiger partial charge in [-0.3, -0.25) is 9.59 Å². The molecule has 1 unspecified atom stereocenters. The molecule has 0 fully saturated rings. The van der Waals surface area contributed by atoms with Gasteiger partial charge >= 0.3 is 0 Å². The van der Waals surface area contributed by atoms with Gasteiger partial charge in [0, 0.05) is 12.1 Å². The van der Waals surface area contributed by atoms with E-state index in [1.165, 1.54) is 19.1 Å². The Labute approximate surface area is 214 Å². The van der Waals surface area contributed by atoms with Crippen LogP contribution in [-0.4, -0.2) is 44.2 Å². The highest BCUT2D eigenvalue weighted by Gasteiger charge is 2.25. The van der Waals surface area contributed by atoms with Gasteiger partial charge in [0.1, 0.15) is 22.9 Å². The number of Topliss-reactive ketones (excluding diaryl/α,β-unsaturated/α-hetero) is 1. The molecule has 2 rings (SSSR count). The quantitative estimate of drug-likeness (QED) is 0.244. The van der Waals surface area contributed by atoms with E-state index in [1.54, 1.807) is 26.0 Å². The molecular formula is C24H29Cl2N3O6. The smallest absolute Gasteiger partial charge is 0.258 e. The van der Waals surface area contributed by atoms with Gasteiger partial charge in [0.25, 0.3) is 5.91 Å². The molecule has 2 aromatic rings. The molecule has 0 aliphatic heterocycles. The summed E-state index contributed by atoms with van der Waals surface area (Å²) in [5.41, 5.74) is 0.518. The molecule has 0 radical (unpaired) electrons. The first-order valence-corrected chi connectivity index (χ1v) is 11.9. The molecular weight excluding hydrogens is 497 g/mol. The number of ether oxygens (including phenoxy) is 4. The molecule has 0 aromatic heterocycles. The molecule has 2 aromatic carbocycles. The van der Waals surface area contributed by atoms with Crippen LogP contribution in [0.25, 0.3) is 0 Å². The minimum absolute atomic E-state index is 0.249. The van der Waals surface area contributed by atoms with Crippen molar-refractivity contribution in [2.24, 2.45) is 10.2 Å². The highest BCUT2D eigenvalue weighted by Crippen LogP contribution is 2.39. The second-order valence-electron chi connectivity index (χ2n) is 6.98. The molecule has 9 nitrogen and oxygen atoms in total. The van der Waals surface area contributed by atoms with E-state index in [2.05, 4.69) is 15.5 Å². The van der Waals surface area contributed by atoms with Crippen LogP contribution in [0.4, 0.5) is 11.4 Å². The van der Waals surface area contributed by atoms with Crippen LogP contribution < -0.4 is 24.3 Å². The molecule has 0 bridgehead atoms. The molecule has 190 valence electrons. The van der Waals surface area contributed by atoms with Crippen molar-refractivity contribution < 1.29 is 28.5 Å². The maximum absolute atomic E-state index is 13.0. The van der Waals surface area contributed by atoms with Gasteiger partial charge in [-0.25, -0.2) is 0 Å². The summed E-state index contributed by atoms with van der Waals surface area (Å²) in [7, 11) is 0. The molecule has 1 atom stereocenters. The first kappa shape index (κ1) is 28.2. The molecule has 35 heavy (non-hydrogen) atoms. The minimum Gasteiger partial charge on any atom is -0.492 e. The van der Waals surface area contributed by atoms with Gasteiger partial charge < -0.3 is 24.3 Å². The zero-order chi connectivity index (χ0) is 26.0. The number of rotatable bonds is 13. The average Bonchev–Trinajstić information content (AvgIpc) is 2.80. The largest absolute Gasteiger partial charge is 0.492 e. The Bertz CT molecular complexity index is 1080. The number of nitrogens with one attached hydrogen (secondary N) is 1. The number of benzene rings is 2. The summed E-state index contributed by atoms with van der Waals surface area (Å²) in [5.74, 6) is 0.296. The number of hydrogen-bond acceptors (Lipinski definition) is 8. The monoisotopic (exact) mass is 525 g/mol. The van der Waals surface area contributed by atoms with Crippen molar-refractivity contribution in [3.05, 3.63) is 34.3 Å². The van der Waals surface area contributed by atoms with Crippen molar-refractivity contribution in [3.63, 3.8) is 0 Å². The van der Waals surface area contributed by atoms with Crippen LogP contribution in [0.15, 0.2) is 34.5 Å². The Balaban J connectivity index is 2.36. The van der Waals surface area contributed by atoms with E-state index >= 15 is 0 Å². The van der Waals surface area contributed by atoms with Gasteiger partial charge in [-0.15, -0.1) is 0 Å². The fraction of sp³-hybridized carbons (Fsp3) is 0.417. The Morgan fingerprint density at radius 3 is 1.83 bits per heavy atom. The second kappa shape index (κ2) is 13.7. The predicted octanol–water partition coefficient (Wildman–Crippen LogP) is 6.27. The van der Waals surface area contributed by atoms with Gasteiger partial charge in [0.05, 0.1) is 42.2 Å². The third kappa shape index (κ3) is 7.73. The summed E-state index contributed by atoms with van der Waals surface area (Å²) in [6, 6.07) is 4.71. The predicted molar refractivity (Wildman–Crippen MR) is 135 cm³/mol. The summed E-state index contributed by atoms with van der Waals surface area (Å²) in [4.78, 5) is 25.2. The van der Waals surface area contributed by atoms with Gasteiger partial charge in [-0.2, -0.15) is 10.2 Å². The molecule has 0 saturated heterocycles. The number of halogens is 2. The fourth-order valence-electron chi connectivity index (χ4n) is 2.95. The molecule has 0 spiro atoms. The van der Waals surface area contributed by atoms with E-state index in [4.69, 9.17) is 42.1 Å². The Morgan fingerprint density at radius 1 is 0.800 bits per heavy atom. The first-order chi connectivity index (χ1) is 16.7. The lowest BCUT2D eigenvalue weighted by atomic mass is 10.2. The van der Waals surface area contributed by atoms with Crippen molar-refractivity contribution in [1.82, 2.24) is 0 Å². The summed E-state index contributed by atoms with van der Waals surface area (Å²) >= 11 is 12.5. The lowest BCUT2D eigenvalue weighted by molar-refractivity contribution is -0.126. The van der Waals surface area contributed by atoms with E-state index in [1.807, 2.05) is 13.8 Å². The van der Waals surface area contributed by atoms with E-state index < -0.39 is 17.7 Å². The molecule has 0 heterocycles. The van der Waals surface area contributed by atoms with Gasteiger partial charge in [0.2, 0.25) is 6.04 Å². The zero-order valence-electron chi connectivity index (χ0n) is 20.3. The number of azo groups is 1. The van der Waals surface area contributed by atoms with E-state index in [9.17, 15) is 9.59 Å². The summed E-state index contributed by atoms with van der Waals surface area (Å²) in [6.07, 6.45) is 0. The molecule has 0 aliphatic carbocycles. The number of carbonyl (C=O) groups is 2. The number of carbonyl (C=O) groups excluding carboxylic acids is 2. The molecule has 1 N–H and O–H groups in total. The minimum atomic E-state index is -1.44. The van der Waals surface area contributed by atoms with Crippen molar-refractivity contribution in [2.45, 2.75) is 40.7 Å². The van der Waals surface area contributed by atoms with Crippen molar-refractivity contribution in [1.29, 1.82) is 0 Å². The third-order valence-corrected chi connectivity index (χ3v) is 5.01. The van der Waals surface area contributed by atoms with Crippen LogP contribution in [0.1, 0.15) is 34.6 Å². The molecule has 0 aliphatic rings. The number of nitrogens with zero attached hydrogens (tertiary/aromatic N) is 2. The maximum Gasteiger partial charge on any atom is 0.258 e. The third-order valence-electron chi connectivity index (χ3n) is 4.42. The van der Waals surface area contributed by atoms with Crippen molar-refractivity contribution >= 4 is 46.3 Å². The van der Waals surface area contributed by atoms with Crippen LogP contribution in [-0.2, 0) is 9.59 Å². The zero-order valence-corrected chi connectivity index (χ0v) is 21.8. The Morgan fingerprint density at radius 2 is 1.29 bits per heavy atom. The van der Waals surface area contributed by atoms with Crippen LogP contribution in [0.2, 0.25) is 10.0 Å². The van der Waals surface area contributed by atoms with E-state index in [-0.39, 0.29) is 16.4 Å². The number of ketones is 1. The normalized spacial score (nSPS) is 11.7. The summed E-state index contributed by atoms with van der Waals surface area (Å²) < 4.78 is 22.1. The number of hydrogen-bond donors (Lipinski definition) is 1. The maximum atomic E-state index is 13.0. The van der Waals surface area contributed by atoms with E-state index in [0.29, 0.717) is 54.4 Å². The van der Waals surface area contributed by atoms with Gasteiger partial charge in [-0.05, 0) is 46.8 Å². The van der Waals surface area contributed by atoms with Gasteiger partial charge in [0.15, 0.2) is 11.5 Å². The lowest BCUT2D eigenvalue weighted by Crippen LogP contribution is -2.32. The van der Waals surface area contributed by atoms with Gasteiger partial charge in [-0.1, -0.05) is 23.2 Å². The topological polar surface area (TPSA) is 108 Å². The standard InChI is InChI=1S/C24H29Cl2N3O6/c1-6-32-19-12-21(34-8-3)17(10-15(19)25)27-24(31)23(14(5)30)29-28-18-11-16(26)20(33-7-2)13-22(18)35-9-4/h10-13,23H,6-9H2,1-5H3,(H,27,31). The molecule has 0 saturated carbocycles. The van der Waals surface area contributed by atoms with Crippen LogP contribution in [0.3, 0.4) is 0 Å². The number of anilines is 1. The lowest BCUT2D eigenvalue weighted by Gasteiger charge is -2.16. The first-order valence-electron chi connectivity index (χ1n) is 11.2. The van der Waals surface area contributed by atoms with E-state index in [0.717, 1.165) is 0 Å². The fourth-order valence-corrected chi connectivity index (χ4v) is 3.38. The van der Waals surface area contributed by atoms with Crippen LogP contribution >= 0.6 is 23.2 Å². The Hall–Kier alpha value is -3.04. The molecule has 11 heteroatoms. The Kier molecular flexibility index (Phi) is 11.1. The number of amides is 1. The van der Waals surface area contributed by atoms with Crippen molar-refractivity contribution in [3.8, 4) is 23.0 Å². The highest BCUT2D eigenvalue weighted by atomic mass is 35.5. The van der Waals surface area contributed by atoms with Crippen LogP contribution in [0.5, 0.6) is 23.0 Å². The molecule has 1 amide bonds. The highest BCUT2D eigenvalue weighted by molar-refractivity contribution is 6.32. The SMILES string of the molecule is CCOc1cc(OCC)c(N=NC(C(C)=O)C(=O)Nc2cc(Cl)c(OCC)cc2OCC)cc1Cl. The summed E-state index contributed by atoms with van der Waals surface area (Å²) in [5, 5.41) is 11.3. The van der Waals surface area contributed by atoms with Crippen LogP contribution in [0, 0.1) is 0 Å². The van der Waals surface area contributed by atoms with Crippen molar-refractivity contribution in [2.75, 3.05) is 31.7 Å². The summed E-state index contributed by atoms with van der Waals surface area (Å²) in [6.45, 7) is 10.0.